The molecule has 2 aromatic rings. The molecule has 0 saturated heterocycles. The lowest BCUT2D eigenvalue weighted by molar-refractivity contribution is 0.293. The Balaban J connectivity index is 1.83. The van der Waals surface area contributed by atoms with Crippen LogP contribution in [-0.4, -0.2) is 27.1 Å². The van der Waals surface area contributed by atoms with Crippen LogP contribution in [-0.2, 0) is 6.61 Å². The fraction of sp³-hybridized carbons (Fsp3) is 0.286. The summed E-state index contributed by atoms with van der Waals surface area (Å²) in [6, 6.07) is 9.67. The van der Waals surface area contributed by atoms with E-state index in [1.54, 1.807) is 0 Å². The summed E-state index contributed by atoms with van der Waals surface area (Å²) in [5.74, 6) is 0.551. The van der Waals surface area contributed by atoms with Crippen molar-refractivity contribution in [3.63, 3.8) is 0 Å². The second-order valence-corrected chi connectivity index (χ2v) is 4.90. The number of benzene rings is 1. The molecule has 102 valence electrons. The van der Waals surface area contributed by atoms with E-state index in [1.807, 2.05) is 30.3 Å². The molecule has 3 rings (SSSR count). The first kappa shape index (κ1) is 13.1. The molecule has 6 heteroatoms. The summed E-state index contributed by atoms with van der Waals surface area (Å²) in [4.78, 5) is 8.20. The molecule has 0 atom stereocenters. The maximum absolute atomic E-state index is 9.55. The molecular weight excluding hydrogens is 255 g/mol. The van der Waals surface area contributed by atoms with Crippen LogP contribution in [0.3, 0.4) is 0 Å². The Morgan fingerprint density at radius 2 is 1.90 bits per heavy atom. The molecule has 0 bridgehead atoms. The molecule has 5 nitrogen and oxygen atoms in total. The Labute approximate surface area is 117 Å². The number of ether oxygens (including phenoxy) is 1. The third kappa shape index (κ3) is 2.81. The summed E-state index contributed by atoms with van der Waals surface area (Å²) in [7, 11) is -1.61. The normalized spacial score (nSPS) is 14.1. The van der Waals surface area contributed by atoms with E-state index < -0.39 is 7.12 Å². The van der Waals surface area contributed by atoms with Crippen LogP contribution in [0.25, 0.3) is 0 Å². The van der Waals surface area contributed by atoms with E-state index in [-0.39, 0.29) is 5.88 Å². The molecule has 1 aromatic heterocycles. The van der Waals surface area contributed by atoms with Crippen LogP contribution >= 0.6 is 0 Å². The lowest BCUT2D eigenvalue weighted by Gasteiger charge is -2.12. The van der Waals surface area contributed by atoms with Crippen molar-refractivity contribution < 1.29 is 14.8 Å². The van der Waals surface area contributed by atoms with E-state index in [0.717, 1.165) is 18.4 Å². The molecule has 0 amide bonds. The topological polar surface area (TPSA) is 75.5 Å². The number of hydrogen-bond donors (Lipinski definition) is 2. The van der Waals surface area contributed by atoms with Gasteiger partial charge in [-0.15, -0.1) is 0 Å². The number of aromatic nitrogens is 2. The maximum atomic E-state index is 9.55. The number of nitrogens with zero attached hydrogens (tertiary/aromatic N) is 2. The average Bonchev–Trinajstić information content (AvgIpc) is 3.30. The van der Waals surface area contributed by atoms with Gasteiger partial charge in [0.2, 0.25) is 5.88 Å². The Morgan fingerprint density at radius 3 is 2.55 bits per heavy atom. The Bertz CT molecular complexity index is 588. The zero-order valence-corrected chi connectivity index (χ0v) is 10.9. The third-order valence-corrected chi connectivity index (χ3v) is 3.32. The molecule has 1 aliphatic rings. The highest BCUT2D eigenvalue weighted by Gasteiger charge is 2.34. The van der Waals surface area contributed by atoms with Gasteiger partial charge in [-0.05, 0) is 18.4 Å². The molecule has 0 spiro atoms. The van der Waals surface area contributed by atoms with Crippen molar-refractivity contribution in [1.82, 2.24) is 9.97 Å². The van der Waals surface area contributed by atoms with E-state index in [0.29, 0.717) is 23.7 Å². The van der Waals surface area contributed by atoms with Crippen LogP contribution in [0.4, 0.5) is 0 Å². The maximum Gasteiger partial charge on any atom is 0.495 e. The fourth-order valence-corrected chi connectivity index (χ4v) is 2.16. The molecule has 0 aliphatic heterocycles. The zero-order chi connectivity index (χ0) is 13.9. The summed E-state index contributed by atoms with van der Waals surface area (Å²) >= 11 is 0. The van der Waals surface area contributed by atoms with E-state index in [2.05, 4.69) is 9.97 Å². The zero-order valence-electron chi connectivity index (χ0n) is 10.9. The quantitative estimate of drug-likeness (QED) is 0.779. The highest BCUT2D eigenvalue weighted by atomic mass is 16.5. The lowest BCUT2D eigenvalue weighted by Crippen LogP contribution is -2.36. The van der Waals surface area contributed by atoms with Gasteiger partial charge in [-0.3, -0.25) is 0 Å². The highest BCUT2D eigenvalue weighted by molar-refractivity contribution is 6.60. The predicted octanol–water partition coefficient (Wildman–Crippen LogP) is 0.613. The van der Waals surface area contributed by atoms with E-state index >= 15 is 0 Å². The Hall–Kier alpha value is -1.92. The van der Waals surface area contributed by atoms with Gasteiger partial charge in [0.25, 0.3) is 0 Å². The van der Waals surface area contributed by atoms with Gasteiger partial charge in [-0.1, -0.05) is 30.3 Å². The summed E-state index contributed by atoms with van der Waals surface area (Å²) in [5, 5.41) is 19.1. The molecule has 1 saturated carbocycles. The van der Waals surface area contributed by atoms with Gasteiger partial charge in [0, 0.05) is 5.92 Å². The first-order valence-corrected chi connectivity index (χ1v) is 6.63. The van der Waals surface area contributed by atoms with E-state index in [9.17, 15) is 10.0 Å². The minimum Gasteiger partial charge on any atom is -0.473 e. The summed E-state index contributed by atoms with van der Waals surface area (Å²) < 4.78 is 5.63. The van der Waals surface area contributed by atoms with Crippen LogP contribution in [0.1, 0.15) is 30.0 Å². The minimum absolute atomic E-state index is 0.251. The molecule has 1 aromatic carbocycles. The smallest absolute Gasteiger partial charge is 0.473 e. The van der Waals surface area contributed by atoms with Crippen LogP contribution in [0.2, 0.25) is 0 Å². The Morgan fingerprint density at radius 1 is 1.15 bits per heavy atom. The lowest BCUT2D eigenvalue weighted by atomic mass is 9.78. The predicted molar refractivity (Wildman–Crippen MR) is 74.6 cm³/mol. The van der Waals surface area contributed by atoms with Gasteiger partial charge in [-0.2, -0.15) is 0 Å². The molecule has 1 fully saturated rings. The second kappa shape index (κ2) is 5.60. The number of hydrogen-bond acceptors (Lipinski definition) is 5. The standard InChI is InChI=1S/C14H15BN2O3/c18-15(19)12-13(11-6-7-11)16-9-17-14(12)20-8-10-4-2-1-3-5-10/h1-5,9,11,18-19H,6-8H2. The monoisotopic (exact) mass is 270 g/mol. The van der Waals surface area contributed by atoms with Crippen molar-refractivity contribution in [3.05, 3.63) is 47.9 Å². The van der Waals surface area contributed by atoms with Crippen molar-refractivity contribution in [2.24, 2.45) is 0 Å². The van der Waals surface area contributed by atoms with Crippen LogP contribution in [0.5, 0.6) is 5.88 Å². The van der Waals surface area contributed by atoms with Crippen molar-refractivity contribution in [3.8, 4) is 5.88 Å². The molecule has 20 heavy (non-hydrogen) atoms. The minimum atomic E-state index is -1.61. The average molecular weight is 270 g/mol. The summed E-state index contributed by atoms with van der Waals surface area (Å²) in [6.07, 6.45) is 3.46. The van der Waals surface area contributed by atoms with Crippen LogP contribution in [0, 0.1) is 0 Å². The molecule has 0 radical (unpaired) electrons. The molecule has 1 aliphatic carbocycles. The largest absolute Gasteiger partial charge is 0.495 e. The van der Waals surface area contributed by atoms with Gasteiger partial charge in [0.1, 0.15) is 12.9 Å². The third-order valence-electron chi connectivity index (χ3n) is 3.32. The van der Waals surface area contributed by atoms with Crippen LogP contribution < -0.4 is 10.2 Å². The van der Waals surface area contributed by atoms with Gasteiger partial charge < -0.3 is 14.8 Å². The van der Waals surface area contributed by atoms with Crippen molar-refractivity contribution in [2.75, 3.05) is 0 Å². The summed E-state index contributed by atoms with van der Waals surface area (Å²) in [5.41, 5.74) is 1.99. The summed E-state index contributed by atoms with van der Waals surface area (Å²) in [6.45, 7) is 0.335. The van der Waals surface area contributed by atoms with E-state index in [4.69, 9.17) is 4.74 Å². The molecule has 0 unspecified atom stereocenters. The molecule has 2 N–H and O–H groups in total. The van der Waals surface area contributed by atoms with E-state index in [1.165, 1.54) is 6.33 Å². The van der Waals surface area contributed by atoms with Crippen molar-refractivity contribution in [1.29, 1.82) is 0 Å². The van der Waals surface area contributed by atoms with Crippen LogP contribution in [0.15, 0.2) is 36.7 Å². The van der Waals surface area contributed by atoms with Crippen molar-refractivity contribution >= 4 is 12.6 Å². The molecule has 1 heterocycles. The van der Waals surface area contributed by atoms with Gasteiger partial charge in [-0.25, -0.2) is 9.97 Å². The molecular formula is C14H15BN2O3. The SMILES string of the molecule is OB(O)c1c(OCc2ccccc2)ncnc1C1CC1. The van der Waals surface area contributed by atoms with Crippen molar-refractivity contribution in [2.45, 2.75) is 25.4 Å². The fourth-order valence-electron chi connectivity index (χ4n) is 2.16. The van der Waals surface area contributed by atoms with Gasteiger partial charge in [0.15, 0.2) is 0 Å². The van der Waals surface area contributed by atoms with Gasteiger partial charge >= 0.3 is 7.12 Å². The first-order chi connectivity index (χ1) is 9.75. The van der Waals surface area contributed by atoms with Gasteiger partial charge in [0.05, 0.1) is 11.2 Å². The highest BCUT2D eigenvalue weighted by Crippen LogP contribution is 2.38. The Kier molecular flexibility index (Phi) is 3.67. The number of rotatable bonds is 5. The first-order valence-electron chi connectivity index (χ1n) is 6.63. The second-order valence-electron chi connectivity index (χ2n) is 4.90.